The number of nitriles is 1. The molecule has 31 heavy (non-hydrogen) atoms. The molecule has 6 nitrogen and oxygen atoms in total. The largest absolute Gasteiger partial charge is 0.495 e. The van der Waals surface area contributed by atoms with Gasteiger partial charge in [0.15, 0.2) is 0 Å². The van der Waals surface area contributed by atoms with Gasteiger partial charge in [-0.25, -0.2) is 9.18 Å². The lowest BCUT2D eigenvalue weighted by molar-refractivity contribution is 0.0535. The van der Waals surface area contributed by atoms with Crippen LogP contribution in [0.3, 0.4) is 0 Å². The maximum atomic E-state index is 14.8. The number of ether oxygens (including phenoxy) is 2. The molecule has 4 rings (SSSR count). The monoisotopic (exact) mass is 423 g/mol. The minimum absolute atomic E-state index is 0.233. The van der Waals surface area contributed by atoms with Gasteiger partial charge in [-0.2, -0.15) is 5.26 Å². The first kappa shape index (κ1) is 21.3. The lowest BCUT2D eigenvalue weighted by Gasteiger charge is -2.35. The van der Waals surface area contributed by atoms with Crippen LogP contribution in [0.15, 0.2) is 36.4 Å². The maximum absolute atomic E-state index is 14.8. The molecule has 2 aromatic rings. The van der Waals surface area contributed by atoms with Crippen molar-refractivity contribution in [2.24, 2.45) is 0 Å². The molecule has 0 amide bonds. The first-order chi connectivity index (χ1) is 15.1. The van der Waals surface area contributed by atoms with E-state index in [4.69, 9.17) is 14.7 Å². The first-order valence-corrected chi connectivity index (χ1v) is 10.5. The number of nitrogens with zero attached hydrogens (tertiary/aromatic N) is 3. The molecule has 0 saturated carbocycles. The molecule has 162 valence electrons. The number of hydrogen-bond acceptors (Lipinski definition) is 6. The summed E-state index contributed by atoms with van der Waals surface area (Å²) >= 11 is 0. The van der Waals surface area contributed by atoms with Gasteiger partial charge < -0.3 is 14.4 Å². The Morgan fingerprint density at radius 2 is 1.94 bits per heavy atom. The Kier molecular flexibility index (Phi) is 6.50. The van der Waals surface area contributed by atoms with Crippen molar-refractivity contribution in [1.29, 1.82) is 5.26 Å². The van der Waals surface area contributed by atoms with Crippen LogP contribution in [0.25, 0.3) is 0 Å². The number of methoxy groups -OCH3 is 1. The summed E-state index contributed by atoms with van der Waals surface area (Å²) in [6.07, 6.45) is -0.206. The smallest absolute Gasteiger partial charge is 0.338 e. The van der Waals surface area contributed by atoms with Crippen molar-refractivity contribution in [2.75, 3.05) is 46.4 Å². The molecule has 0 radical (unpaired) electrons. The second-order valence-corrected chi connectivity index (χ2v) is 8.00. The number of halogens is 1. The zero-order valence-corrected chi connectivity index (χ0v) is 17.6. The van der Waals surface area contributed by atoms with Crippen molar-refractivity contribution in [3.8, 4) is 11.8 Å². The highest BCUT2D eigenvalue weighted by atomic mass is 19.1. The molecule has 2 aliphatic heterocycles. The van der Waals surface area contributed by atoms with Gasteiger partial charge in [0.1, 0.15) is 24.6 Å². The molecule has 1 fully saturated rings. The number of hydrogen-bond donors (Lipinski definition) is 0. The standard InChI is InChI=1S/C24H26FN3O3/c1-30-23-13-18(3-4-19(23)14-26)22(25)15-28-10-8-27(9-11-28)7-6-17-2-5-21-20(12-17)16-31-24(21)29/h2-5,12-13,22H,6-11,15-16H2,1H3. The number of piperazine rings is 1. The Morgan fingerprint density at radius 3 is 2.68 bits per heavy atom. The zero-order valence-electron chi connectivity index (χ0n) is 17.6. The van der Waals surface area contributed by atoms with Gasteiger partial charge in [-0.1, -0.05) is 18.2 Å². The summed E-state index contributed by atoms with van der Waals surface area (Å²) in [4.78, 5) is 16.1. The Bertz CT molecular complexity index is 996. The fourth-order valence-electron chi connectivity index (χ4n) is 4.15. The van der Waals surface area contributed by atoms with E-state index in [0.29, 0.717) is 35.6 Å². The number of esters is 1. The average molecular weight is 423 g/mol. The quantitative estimate of drug-likeness (QED) is 0.638. The van der Waals surface area contributed by atoms with Crippen molar-refractivity contribution in [1.82, 2.24) is 9.80 Å². The third-order valence-electron chi connectivity index (χ3n) is 6.06. The summed E-state index contributed by atoms with van der Waals surface area (Å²) in [6, 6.07) is 12.9. The van der Waals surface area contributed by atoms with Gasteiger partial charge >= 0.3 is 5.97 Å². The SMILES string of the molecule is COc1cc(C(F)CN2CCN(CCc3ccc4c(c3)COC4=O)CC2)ccc1C#N. The molecule has 7 heteroatoms. The number of cyclic esters (lactones) is 1. The second-order valence-electron chi connectivity index (χ2n) is 8.00. The molecule has 0 bridgehead atoms. The van der Waals surface area contributed by atoms with Crippen LogP contribution in [0.2, 0.25) is 0 Å². The highest BCUT2D eigenvalue weighted by molar-refractivity contribution is 5.93. The lowest BCUT2D eigenvalue weighted by Crippen LogP contribution is -2.47. The van der Waals surface area contributed by atoms with Gasteiger partial charge in [-0.15, -0.1) is 0 Å². The van der Waals surface area contributed by atoms with Crippen LogP contribution in [0.5, 0.6) is 5.75 Å². The highest BCUT2D eigenvalue weighted by Gasteiger charge is 2.23. The Labute approximate surface area is 181 Å². The molecular formula is C24H26FN3O3. The van der Waals surface area contributed by atoms with E-state index in [1.54, 1.807) is 18.2 Å². The van der Waals surface area contributed by atoms with Crippen LogP contribution < -0.4 is 4.74 Å². The van der Waals surface area contributed by atoms with Crippen LogP contribution in [0.4, 0.5) is 4.39 Å². The summed E-state index contributed by atoms with van der Waals surface area (Å²) in [5.41, 5.74) is 3.81. The summed E-state index contributed by atoms with van der Waals surface area (Å²) in [5.74, 6) is 0.179. The molecule has 2 heterocycles. The fourth-order valence-corrected chi connectivity index (χ4v) is 4.15. The number of carbonyl (C=O) groups excluding carboxylic acids is 1. The zero-order chi connectivity index (χ0) is 21.8. The molecule has 2 aliphatic rings. The van der Waals surface area contributed by atoms with Gasteiger partial charge in [0.2, 0.25) is 0 Å². The van der Waals surface area contributed by atoms with Crippen LogP contribution >= 0.6 is 0 Å². The Hall–Kier alpha value is -2.95. The van der Waals surface area contributed by atoms with Gasteiger partial charge in [0.05, 0.1) is 18.2 Å². The third-order valence-corrected chi connectivity index (χ3v) is 6.06. The Balaban J connectivity index is 1.24. The molecule has 0 aromatic heterocycles. The van der Waals surface area contributed by atoms with E-state index < -0.39 is 6.17 Å². The van der Waals surface area contributed by atoms with Crippen molar-refractivity contribution >= 4 is 5.97 Å². The molecule has 1 unspecified atom stereocenters. The maximum Gasteiger partial charge on any atom is 0.338 e. The van der Waals surface area contributed by atoms with E-state index in [1.165, 1.54) is 12.7 Å². The average Bonchev–Trinajstić information content (AvgIpc) is 3.18. The normalized spacial score (nSPS) is 17.6. The van der Waals surface area contributed by atoms with Crippen LogP contribution in [-0.2, 0) is 17.8 Å². The number of fused-ring (bicyclic) bond motifs is 1. The van der Waals surface area contributed by atoms with Crippen LogP contribution in [-0.4, -0.2) is 62.1 Å². The second kappa shape index (κ2) is 9.46. The van der Waals surface area contributed by atoms with Crippen LogP contribution in [0, 0.1) is 11.3 Å². The van der Waals surface area contributed by atoms with Gasteiger partial charge in [0.25, 0.3) is 0 Å². The molecular weight excluding hydrogens is 397 g/mol. The Morgan fingerprint density at radius 1 is 1.16 bits per heavy atom. The number of alkyl halides is 1. The van der Waals surface area contributed by atoms with E-state index in [1.807, 2.05) is 12.1 Å². The van der Waals surface area contributed by atoms with Crippen molar-refractivity contribution in [2.45, 2.75) is 19.2 Å². The summed E-state index contributed by atoms with van der Waals surface area (Å²) in [7, 11) is 1.49. The topological polar surface area (TPSA) is 65.8 Å². The number of benzene rings is 2. The highest BCUT2D eigenvalue weighted by Crippen LogP contribution is 2.26. The summed E-state index contributed by atoms with van der Waals surface area (Å²) in [6.45, 7) is 5.08. The molecule has 0 spiro atoms. The van der Waals surface area contributed by atoms with Gasteiger partial charge in [-0.05, 0) is 35.7 Å². The van der Waals surface area contributed by atoms with Crippen molar-refractivity contribution < 1.29 is 18.7 Å². The number of carbonyl (C=O) groups is 1. The molecule has 1 atom stereocenters. The fraction of sp³-hybridized carbons (Fsp3) is 0.417. The predicted molar refractivity (Wildman–Crippen MR) is 114 cm³/mol. The predicted octanol–water partition coefficient (Wildman–Crippen LogP) is 3.11. The van der Waals surface area contributed by atoms with E-state index >= 15 is 0 Å². The van der Waals surface area contributed by atoms with E-state index in [-0.39, 0.29) is 5.97 Å². The van der Waals surface area contributed by atoms with E-state index in [2.05, 4.69) is 21.9 Å². The van der Waals surface area contributed by atoms with Crippen molar-refractivity contribution in [3.05, 3.63) is 64.2 Å². The minimum Gasteiger partial charge on any atom is -0.495 e. The molecule has 1 saturated heterocycles. The lowest BCUT2D eigenvalue weighted by atomic mass is 10.0. The van der Waals surface area contributed by atoms with Crippen molar-refractivity contribution in [3.63, 3.8) is 0 Å². The first-order valence-electron chi connectivity index (χ1n) is 10.5. The van der Waals surface area contributed by atoms with Gasteiger partial charge in [0, 0.05) is 44.8 Å². The third kappa shape index (κ3) is 4.87. The summed E-state index contributed by atoms with van der Waals surface area (Å²) < 4.78 is 25.1. The van der Waals surface area contributed by atoms with Gasteiger partial charge in [-0.3, -0.25) is 4.90 Å². The van der Waals surface area contributed by atoms with Crippen LogP contribution in [0.1, 0.15) is 38.8 Å². The minimum atomic E-state index is -1.12. The summed E-state index contributed by atoms with van der Waals surface area (Å²) in [5, 5.41) is 9.08. The van der Waals surface area contributed by atoms with E-state index in [9.17, 15) is 9.18 Å². The molecule has 2 aromatic carbocycles. The van der Waals surface area contributed by atoms with E-state index in [0.717, 1.165) is 44.7 Å². The number of rotatable bonds is 7. The molecule has 0 aliphatic carbocycles. The molecule has 0 N–H and O–H groups in total.